The van der Waals surface area contributed by atoms with Gasteiger partial charge >= 0.3 is 0 Å². The zero-order chi connectivity index (χ0) is 15.6. The fourth-order valence-electron chi connectivity index (χ4n) is 2.39. The van der Waals surface area contributed by atoms with E-state index in [0.717, 1.165) is 6.07 Å². The molecule has 2 rings (SSSR count). The Morgan fingerprint density at radius 2 is 1.95 bits per heavy atom. The van der Waals surface area contributed by atoms with Gasteiger partial charge in [-0.2, -0.15) is 5.26 Å². The number of halogens is 1. The Labute approximate surface area is 123 Å². The number of hydrogen-bond donors (Lipinski definition) is 1. The van der Waals surface area contributed by atoms with E-state index in [2.05, 4.69) is 6.07 Å². The highest BCUT2D eigenvalue weighted by atomic mass is 19.1. The highest BCUT2D eigenvalue weighted by Gasteiger charge is 2.31. The third kappa shape index (κ3) is 3.14. The maximum absolute atomic E-state index is 13.7. The molecule has 0 aliphatic carbocycles. The Morgan fingerprint density at radius 3 is 2.48 bits per heavy atom. The molecule has 1 aliphatic heterocycles. The van der Waals surface area contributed by atoms with Gasteiger partial charge in [-0.15, -0.1) is 0 Å². The zero-order valence-electron chi connectivity index (χ0n) is 12.1. The number of nitrogens with zero attached hydrogens (tertiary/aromatic N) is 3. The van der Waals surface area contributed by atoms with Crippen LogP contribution in [0.25, 0.3) is 0 Å². The van der Waals surface area contributed by atoms with Gasteiger partial charge in [-0.25, -0.2) is 4.39 Å². The van der Waals surface area contributed by atoms with E-state index in [1.54, 1.807) is 4.90 Å². The van der Waals surface area contributed by atoms with Gasteiger partial charge in [0.05, 0.1) is 11.6 Å². The lowest BCUT2D eigenvalue weighted by Gasteiger charge is -2.40. The second kappa shape index (κ2) is 5.70. The van der Waals surface area contributed by atoms with Crippen LogP contribution in [-0.4, -0.2) is 52.5 Å². The Balaban J connectivity index is 2.06. The molecular formula is C15H18FN3O2. The molecule has 0 radical (unpaired) electrons. The number of benzene rings is 1. The summed E-state index contributed by atoms with van der Waals surface area (Å²) in [7, 11) is 0. The van der Waals surface area contributed by atoms with E-state index in [1.165, 1.54) is 12.1 Å². The van der Waals surface area contributed by atoms with E-state index < -0.39 is 11.4 Å². The largest absolute Gasteiger partial charge is 0.508 e. The van der Waals surface area contributed by atoms with Gasteiger partial charge in [0.25, 0.3) is 5.91 Å². The standard InChI is InChI=1S/C15H18FN3O2/c1-15(2,10-17)19-7-5-18(6-8-19)14(21)12-4-3-11(20)9-13(12)16/h3-4,9,20H,5-8H2,1-2H3. The van der Waals surface area contributed by atoms with Crippen molar-refractivity contribution in [2.24, 2.45) is 0 Å². The molecule has 0 spiro atoms. The number of phenolic OH excluding ortho intramolecular Hbond substituents is 1. The molecule has 1 heterocycles. The fraction of sp³-hybridized carbons (Fsp3) is 0.467. The highest BCUT2D eigenvalue weighted by Crippen LogP contribution is 2.20. The molecule has 1 aliphatic rings. The van der Waals surface area contributed by atoms with Crippen molar-refractivity contribution in [3.05, 3.63) is 29.6 Å². The predicted molar refractivity (Wildman–Crippen MR) is 75.2 cm³/mol. The van der Waals surface area contributed by atoms with Crippen molar-refractivity contribution in [3.63, 3.8) is 0 Å². The van der Waals surface area contributed by atoms with Crippen molar-refractivity contribution >= 4 is 5.91 Å². The number of carbonyl (C=O) groups excluding carboxylic acids is 1. The smallest absolute Gasteiger partial charge is 0.256 e. The minimum Gasteiger partial charge on any atom is -0.508 e. The zero-order valence-corrected chi connectivity index (χ0v) is 12.1. The van der Waals surface area contributed by atoms with Gasteiger partial charge in [-0.1, -0.05) is 0 Å². The molecule has 6 heteroatoms. The molecule has 1 fully saturated rings. The lowest BCUT2D eigenvalue weighted by molar-refractivity contribution is 0.0517. The third-order valence-electron chi connectivity index (χ3n) is 3.81. The first-order chi connectivity index (χ1) is 9.85. The van der Waals surface area contributed by atoms with Crippen molar-refractivity contribution in [1.82, 2.24) is 9.80 Å². The molecule has 1 saturated heterocycles. The van der Waals surface area contributed by atoms with Gasteiger partial charge in [0.15, 0.2) is 0 Å². The van der Waals surface area contributed by atoms with Crippen molar-refractivity contribution in [2.75, 3.05) is 26.2 Å². The molecule has 1 N–H and O–H groups in total. The number of rotatable bonds is 2. The van der Waals surface area contributed by atoms with Gasteiger partial charge in [0, 0.05) is 32.2 Å². The van der Waals surface area contributed by atoms with Gasteiger partial charge < -0.3 is 10.0 Å². The predicted octanol–water partition coefficient (Wildman–Crippen LogP) is 1.59. The molecular weight excluding hydrogens is 273 g/mol. The number of nitriles is 1. The molecule has 1 amide bonds. The molecule has 5 nitrogen and oxygen atoms in total. The molecule has 0 aromatic heterocycles. The van der Waals surface area contributed by atoms with Crippen LogP contribution in [0.1, 0.15) is 24.2 Å². The first-order valence-corrected chi connectivity index (χ1v) is 6.79. The summed E-state index contributed by atoms with van der Waals surface area (Å²) in [5.74, 6) is -1.31. The van der Waals surface area contributed by atoms with Crippen LogP contribution in [0.3, 0.4) is 0 Å². The van der Waals surface area contributed by atoms with Crippen LogP contribution in [-0.2, 0) is 0 Å². The number of phenols is 1. The molecule has 0 atom stereocenters. The molecule has 1 aromatic rings. The van der Waals surface area contributed by atoms with Crippen LogP contribution in [0.15, 0.2) is 18.2 Å². The molecule has 1 aromatic carbocycles. The lowest BCUT2D eigenvalue weighted by Crippen LogP contribution is -2.55. The highest BCUT2D eigenvalue weighted by molar-refractivity contribution is 5.94. The van der Waals surface area contributed by atoms with Gasteiger partial charge in [-0.05, 0) is 26.0 Å². The second-order valence-electron chi connectivity index (χ2n) is 5.61. The molecule has 112 valence electrons. The topological polar surface area (TPSA) is 67.6 Å². The second-order valence-corrected chi connectivity index (χ2v) is 5.61. The summed E-state index contributed by atoms with van der Waals surface area (Å²) in [5.41, 5.74) is -0.611. The Bertz CT molecular complexity index is 587. The molecule has 0 saturated carbocycles. The van der Waals surface area contributed by atoms with E-state index in [0.29, 0.717) is 26.2 Å². The molecule has 21 heavy (non-hydrogen) atoms. The van der Waals surface area contributed by atoms with E-state index >= 15 is 0 Å². The van der Waals surface area contributed by atoms with Crippen LogP contribution in [0.2, 0.25) is 0 Å². The van der Waals surface area contributed by atoms with E-state index in [4.69, 9.17) is 5.26 Å². The summed E-state index contributed by atoms with van der Waals surface area (Å²) < 4.78 is 13.7. The summed E-state index contributed by atoms with van der Waals surface area (Å²) in [6.45, 7) is 5.72. The SMILES string of the molecule is CC(C)(C#N)N1CCN(C(=O)c2ccc(O)cc2F)CC1. The fourth-order valence-corrected chi connectivity index (χ4v) is 2.39. The number of carbonyl (C=O) groups is 1. The Kier molecular flexibility index (Phi) is 4.14. The number of amides is 1. The Hall–Kier alpha value is -2.13. The van der Waals surface area contributed by atoms with E-state index in [1.807, 2.05) is 18.7 Å². The first kappa shape index (κ1) is 15.3. The summed E-state index contributed by atoms with van der Waals surface area (Å²) in [4.78, 5) is 15.9. The van der Waals surface area contributed by atoms with Crippen molar-refractivity contribution < 1.29 is 14.3 Å². The minimum atomic E-state index is -0.722. The maximum Gasteiger partial charge on any atom is 0.256 e. The number of aromatic hydroxyl groups is 1. The van der Waals surface area contributed by atoms with Crippen LogP contribution >= 0.6 is 0 Å². The lowest BCUT2D eigenvalue weighted by atomic mass is 10.0. The number of piperazine rings is 1. The summed E-state index contributed by atoms with van der Waals surface area (Å²) in [6, 6.07) is 5.76. The van der Waals surface area contributed by atoms with Crippen molar-refractivity contribution in [2.45, 2.75) is 19.4 Å². The maximum atomic E-state index is 13.7. The Morgan fingerprint density at radius 1 is 1.33 bits per heavy atom. The average molecular weight is 291 g/mol. The average Bonchev–Trinajstić information content (AvgIpc) is 2.47. The van der Waals surface area contributed by atoms with Crippen LogP contribution < -0.4 is 0 Å². The van der Waals surface area contributed by atoms with Gasteiger partial charge in [0.2, 0.25) is 0 Å². The van der Waals surface area contributed by atoms with E-state index in [9.17, 15) is 14.3 Å². The van der Waals surface area contributed by atoms with Crippen LogP contribution in [0, 0.1) is 17.1 Å². The quantitative estimate of drug-likeness (QED) is 0.898. The summed E-state index contributed by atoms with van der Waals surface area (Å²) >= 11 is 0. The minimum absolute atomic E-state index is 0.0409. The van der Waals surface area contributed by atoms with Crippen LogP contribution in [0.4, 0.5) is 4.39 Å². The van der Waals surface area contributed by atoms with Crippen LogP contribution in [0.5, 0.6) is 5.75 Å². The first-order valence-electron chi connectivity index (χ1n) is 6.79. The number of hydrogen-bond acceptors (Lipinski definition) is 4. The van der Waals surface area contributed by atoms with Crippen molar-refractivity contribution in [3.8, 4) is 11.8 Å². The third-order valence-corrected chi connectivity index (χ3v) is 3.81. The van der Waals surface area contributed by atoms with Gasteiger partial charge in [0.1, 0.15) is 17.1 Å². The molecule has 0 unspecified atom stereocenters. The monoisotopic (exact) mass is 291 g/mol. The van der Waals surface area contributed by atoms with Crippen molar-refractivity contribution in [1.29, 1.82) is 5.26 Å². The summed E-state index contributed by atoms with van der Waals surface area (Å²) in [5, 5.41) is 18.3. The normalized spacial score (nSPS) is 16.6. The van der Waals surface area contributed by atoms with Gasteiger partial charge in [-0.3, -0.25) is 9.69 Å². The summed E-state index contributed by atoms with van der Waals surface area (Å²) in [6.07, 6.45) is 0. The molecule has 0 bridgehead atoms. The van der Waals surface area contributed by atoms with E-state index in [-0.39, 0.29) is 17.2 Å².